The summed E-state index contributed by atoms with van der Waals surface area (Å²) in [5.41, 5.74) is 2.95. The molecule has 1 heterocycles. The third-order valence-electron chi connectivity index (χ3n) is 2.74. The van der Waals surface area contributed by atoms with Gasteiger partial charge in [-0.05, 0) is 31.0 Å². The Morgan fingerprint density at radius 3 is 2.95 bits per heavy atom. The molecular weight excluding hydrogens is 288 g/mol. The number of fused-ring (bicyclic) bond motifs is 1. The number of hydrogen-bond donors (Lipinski definition) is 3. The highest BCUT2D eigenvalue weighted by Crippen LogP contribution is 2.19. The minimum atomic E-state index is -0.456. The molecular formula is C14H18N4O2S. The van der Waals surface area contributed by atoms with Gasteiger partial charge in [0, 0.05) is 6.54 Å². The highest BCUT2D eigenvalue weighted by Gasteiger charge is 2.09. The van der Waals surface area contributed by atoms with E-state index in [0.29, 0.717) is 11.7 Å². The smallest absolute Gasteiger partial charge is 0.321 e. The summed E-state index contributed by atoms with van der Waals surface area (Å²) in [5, 5.41) is 5.53. The van der Waals surface area contributed by atoms with Gasteiger partial charge in [-0.15, -0.1) is 0 Å². The van der Waals surface area contributed by atoms with Gasteiger partial charge in [-0.1, -0.05) is 24.8 Å². The second-order valence-corrected chi connectivity index (χ2v) is 5.62. The Hall–Kier alpha value is -2.02. The molecule has 0 saturated heterocycles. The number of nitrogens with zero attached hydrogens (tertiary/aromatic N) is 1. The molecule has 2 aromatic rings. The molecule has 0 unspecified atom stereocenters. The van der Waals surface area contributed by atoms with Crippen molar-refractivity contribution in [3.8, 4) is 0 Å². The number of aryl methyl sites for hydroxylation is 1. The molecule has 0 atom stereocenters. The Morgan fingerprint density at radius 2 is 2.19 bits per heavy atom. The van der Waals surface area contributed by atoms with Crippen LogP contribution in [-0.2, 0) is 4.79 Å². The number of H-pyrrole nitrogens is 1. The number of imide groups is 1. The van der Waals surface area contributed by atoms with Gasteiger partial charge >= 0.3 is 6.03 Å². The molecule has 3 amide bonds. The summed E-state index contributed by atoms with van der Waals surface area (Å²) in [6.45, 7) is 4.51. The fraction of sp³-hybridized carbons (Fsp3) is 0.357. The number of benzene rings is 1. The minimum Gasteiger partial charge on any atom is -0.338 e. The Labute approximate surface area is 127 Å². The van der Waals surface area contributed by atoms with Crippen molar-refractivity contribution in [2.75, 3.05) is 12.3 Å². The van der Waals surface area contributed by atoms with Crippen molar-refractivity contribution < 1.29 is 9.59 Å². The van der Waals surface area contributed by atoms with Gasteiger partial charge in [-0.3, -0.25) is 10.1 Å². The largest absolute Gasteiger partial charge is 0.338 e. The van der Waals surface area contributed by atoms with E-state index in [1.807, 2.05) is 32.0 Å². The number of thioether (sulfide) groups is 1. The monoisotopic (exact) mass is 306 g/mol. The van der Waals surface area contributed by atoms with Crippen LogP contribution >= 0.6 is 11.8 Å². The van der Waals surface area contributed by atoms with Gasteiger partial charge in [0.1, 0.15) is 0 Å². The van der Waals surface area contributed by atoms with Crippen molar-refractivity contribution in [3.05, 3.63) is 23.8 Å². The molecule has 6 nitrogen and oxygen atoms in total. The Morgan fingerprint density at radius 1 is 1.38 bits per heavy atom. The molecule has 0 spiro atoms. The first-order valence-corrected chi connectivity index (χ1v) is 7.74. The normalized spacial score (nSPS) is 10.6. The Kier molecular flexibility index (Phi) is 5.21. The summed E-state index contributed by atoms with van der Waals surface area (Å²) >= 11 is 1.27. The molecule has 3 N–H and O–H groups in total. The lowest BCUT2D eigenvalue weighted by molar-refractivity contribution is -0.117. The first-order valence-electron chi connectivity index (χ1n) is 6.75. The number of urea groups is 1. The molecule has 112 valence electrons. The molecule has 0 bridgehead atoms. The molecule has 21 heavy (non-hydrogen) atoms. The molecule has 0 radical (unpaired) electrons. The van der Waals surface area contributed by atoms with Crippen LogP contribution in [0.4, 0.5) is 4.79 Å². The van der Waals surface area contributed by atoms with Gasteiger partial charge in [0.15, 0.2) is 5.16 Å². The van der Waals surface area contributed by atoms with Crippen molar-refractivity contribution in [2.24, 2.45) is 0 Å². The van der Waals surface area contributed by atoms with E-state index in [4.69, 9.17) is 0 Å². The summed E-state index contributed by atoms with van der Waals surface area (Å²) in [6.07, 6.45) is 0.828. The van der Waals surface area contributed by atoms with E-state index in [1.54, 1.807) is 0 Å². The summed E-state index contributed by atoms with van der Waals surface area (Å²) in [7, 11) is 0. The first kappa shape index (κ1) is 15.4. The summed E-state index contributed by atoms with van der Waals surface area (Å²) in [6, 6.07) is 5.47. The lowest BCUT2D eigenvalue weighted by Crippen LogP contribution is -2.40. The number of rotatable bonds is 5. The zero-order valence-electron chi connectivity index (χ0n) is 12.0. The van der Waals surface area contributed by atoms with Crippen LogP contribution in [0.25, 0.3) is 11.0 Å². The third kappa shape index (κ3) is 4.49. The fourth-order valence-electron chi connectivity index (χ4n) is 1.75. The zero-order chi connectivity index (χ0) is 15.2. The number of nitrogens with one attached hydrogen (secondary N) is 3. The number of imidazole rings is 1. The number of aromatic amines is 1. The zero-order valence-corrected chi connectivity index (χ0v) is 12.8. The number of amides is 3. The highest BCUT2D eigenvalue weighted by atomic mass is 32.2. The van der Waals surface area contributed by atoms with Gasteiger partial charge in [-0.25, -0.2) is 9.78 Å². The van der Waals surface area contributed by atoms with Crippen LogP contribution in [-0.4, -0.2) is 34.2 Å². The highest BCUT2D eigenvalue weighted by molar-refractivity contribution is 7.99. The summed E-state index contributed by atoms with van der Waals surface area (Å²) in [5.74, 6) is -0.205. The standard InChI is InChI=1S/C14H18N4O2S/c1-3-6-15-13(20)18-12(19)8-21-14-16-10-5-4-9(2)7-11(10)17-14/h4-5,7H,3,6,8H2,1-2H3,(H,16,17)(H2,15,18,19,20). The van der Waals surface area contributed by atoms with Crippen LogP contribution in [0.5, 0.6) is 0 Å². The lowest BCUT2D eigenvalue weighted by Gasteiger charge is -2.04. The maximum atomic E-state index is 11.6. The molecule has 1 aromatic carbocycles. The lowest BCUT2D eigenvalue weighted by atomic mass is 10.2. The second kappa shape index (κ2) is 7.12. The van der Waals surface area contributed by atoms with Gasteiger partial charge in [0.2, 0.25) is 5.91 Å². The van der Waals surface area contributed by atoms with Crippen LogP contribution < -0.4 is 10.6 Å². The van der Waals surface area contributed by atoms with E-state index in [0.717, 1.165) is 23.0 Å². The molecule has 1 aromatic heterocycles. The van der Waals surface area contributed by atoms with Gasteiger partial charge < -0.3 is 10.3 Å². The van der Waals surface area contributed by atoms with Crippen molar-refractivity contribution in [1.82, 2.24) is 20.6 Å². The topological polar surface area (TPSA) is 86.9 Å². The van der Waals surface area contributed by atoms with Crippen LogP contribution in [0.15, 0.2) is 23.4 Å². The number of carbonyl (C=O) groups excluding carboxylic acids is 2. The summed E-state index contributed by atoms with van der Waals surface area (Å²) in [4.78, 5) is 30.5. The predicted molar refractivity (Wildman–Crippen MR) is 83.4 cm³/mol. The quantitative estimate of drug-likeness (QED) is 0.739. The third-order valence-corrected chi connectivity index (χ3v) is 3.62. The van der Waals surface area contributed by atoms with E-state index >= 15 is 0 Å². The van der Waals surface area contributed by atoms with Gasteiger partial charge in [0.25, 0.3) is 0 Å². The molecule has 0 saturated carbocycles. The minimum absolute atomic E-state index is 0.137. The number of hydrogen-bond acceptors (Lipinski definition) is 4. The van der Waals surface area contributed by atoms with E-state index in [9.17, 15) is 9.59 Å². The SMILES string of the molecule is CCCNC(=O)NC(=O)CSc1nc2ccc(C)cc2[nH]1. The molecule has 0 fully saturated rings. The van der Waals surface area contributed by atoms with Crippen molar-refractivity contribution in [3.63, 3.8) is 0 Å². The maximum absolute atomic E-state index is 11.6. The second-order valence-electron chi connectivity index (χ2n) is 4.66. The van der Waals surface area contributed by atoms with E-state index in [-0.39, 0.29) is 11.7 Å². The number of aromatic nitrogens is 2. The van der Waals surface area contributed by atoms with Crippen molar-refractivity contribution in [1.29, 1.82) is 0 Å². The average molecular weight is 306 g/mol. The van der Waals surface area contributed by atoms with Gasteiger partial charge in [0.05, 0.1) is 16.8 Å². The molecule has 0 aliphatic carbocycles. The summed E-state index contributed by atoms with van der Waals surface area (Å²) < 4.78 is 0. The number of carbonyl (C=O) groups is 2. The van der Waals surface area contributed by atoms with E-state index < -0.39 is 6.03 Å². The molecule has 7 heteroatoms. The van der Waals surface area contributed by atoms with Crippen LogP contribution in [0.3, 0.4) is 0 Å². The van der Waals surface area contributed by atoms with Crippen LogP contribution in [0.2, 0.25) is 0 Å². The van der Waals surface area contributed by atoms with Crippen LogP contribution in [0, 0.1) is 6.92 Å². The average Bonchev–Trinajstić information content (AvgIpc) is 2.85. The van der Waals surface area contributed by atoms with Crippen molar-refractivity contribution >= 4 is 34.7 Å². The Bertz CT molecular complexity index is 653. The molecule has 0 aliphatic rings. The molecule has 0 aliphatic heterocycles. The van der Waals surface area contributed by atoms with Crippen LogP contribution in [0.1, 0.15) is 18.9 Å². The van der Waals surface area contributed by atoms with E-state index in [1.165, 1.54) is 11.8 Å². The van der Waals surface area contributed by atoms with E-state index in [2.05, 4.69) is 20.6 Å². The Balaban J connectivity index is 1.86. The first-order chi connectivity index (χ1) is 10.1. The maximum Gasteiger partial charge on any atom is 0.321 e. The van der Waals surface area contributed by atoms with Gasteiger partial charge in [-0.2, -0.15) is 0 Å². The molecule has 2 rings (SSSR count). The predicted octanol–water partition coefficient (Wildman–Crippen LogP) is 2.20. The van der Waals surface area contributed by atoms with Crippen molar-refractivity contribution in [2.45, 2.75) is 25.4 Å². The fourth-order valence-corrected chi connectivity index (χ4v) is 2.43.